The molecule has 22 heavy (non-hydrogen) atoms. The number of nitro groups is 1. The number of H-pyrrole nitrogens is 1. The van der Waals surface area contributed by atoms with E-state index < -0.39 is 4.92 Å². The Morgan fingerprint density at radius 3 is 3.00 bits per heavy atom. The van der Waals surface area contributed by atoms with Gasteiger partial charge in [-0.3, -0.25) is 14.9 Å². The first-order valence-corrected chi connectivity index (χ1v) is 7.40. The number of thiazole rings is 1. The Labute approximate surface area is 129 Å². The van der Waals surface area contributed by atoms with Gasteiger partial charge >= 0.3 is 5.00 Å². The maximum absolute atomic E-state index is 11.9. The Hall–Kier alpha value is -2.74. The Balaban J connectivity index is 1.61. The molecular formula is C14H12N4O3S. The molecule has 0 aliphatic carbocycles. The summed E-state index contributed by atoms with van der Waals surface area (Å²) in [5, 5.41) is 14.4. The van der Waals surface area contributed by atoms with Crippen molar-refractivity contribution in [2.45, 2.75) is 12.8 Å². The van der Waals surface area contributed by atoms with Crippen LogP contribution in [-0.4, -0.2) is 20.8 Å². The molecule has 0 unspecified atom stereocenters. The van der Waals surface area contributed by atoms with Gasteiger partial charge in [0, 0.05) is 23.5 Å². The Bertz CT molecular complexity index is 839. The zero-order chi connectivity index (χ0) is 15.5. The topological polar surface area (TPSA) is 101 Å². The Morgan fingerprint density at radius 2 is 2.23 bits per heavy atom. The number of rotatable bonds is 5. The highest BCUT2D eigenvalue weighted by molar-refractivity contribution is 7.18. The van der Waals surface area contributed by atoms with Gasteiger partial charge in [-0.05, 0) is 29.4 Å². The minimum absolute atomic E-state index is 0.0908. The number of anilines is 1. The second-order valence-electron chi connectivity index (χ2n) is 4.67. The van der Waals surface area contributed by atoms with E-state index in [0.29, 0.717) is 6.42 Å². The summed E-state index contributed by atoms with van der Waals surface area (Å²) >= 11 is 0.847. The van der Waals surface area contributed by atoms with Gasteiger partial charge in [-0.25, -0.2) is 4.98 Å². The van der Waals surface area contributed by atoms with E-state index in [0.717, 1.165) is 34.0 Å². The molecule has 1 amide bonds. The first-order chi connectivity index (χ1) is 10.6. The fourth-order valence-corrected chi connectivity index (χ4v) is 2.82. The number of hydrogen-bond donors (Lipinski definition) is 2. The quantitative estimate of drug-likeness (QED) is 0.558. The molecule has 112 valence electrons. The number of benzene rings is 1. The van der Waals surface area contributed by atoms with E-state index in [1.165, 1.54) is 0 Å². The number of para-hydroxylation sites is 1. The third-order valence-corrected chi connectivity index (χ3v) is 4.08. The number of aromatic nitrogens is 2. The van der Waals surface area contributed by atoms with Crippen LogP contribution >= 0.6 is 11.3 Å². The molecule has 0 atom stereocenters. The molecular weight excluding hydrogens is 304 g/mol. The van der Waals surface area contributed by atoms with E-state index in [1.807, 2.05) is 30.5 Å². The van der Waals surface area contributed by atoms with E-state index in [-0.39, 0.29) is 22.5 Å². The molecule has 7 nitrogen and oxygen atoms in total. The molecule has 0 saturated carbocycles. The molecule has 3 rings (SSSR count). The molecule has 2 N–H and O–H groups in total. The van der Waals surface area contributed by atoms with Crippen LogP contribution in [-0.2, 0) is 11.2 Å². The average molecular weight is 316 g/mol. The van der Waals surface area contributed by atoms with Crippen molar-refractivity contribution >= 4 is 38.3 Å². The summed E-state index contributed by atoms with van der Waals surface area (Å²) in [5.74, 6) is -0.213. The number of amides is 1. The monoisotopic (exact) mass is 316 g/mol. The largest absolute Gasteiger partial charge is 0.361 e. The van der Waals surface area contributed by atoms with Gasteiger partial charge in [0.05, 0.1) is 4.92 Å². The molecule has 3 aromatic rings. The predicted molar refractivity (Wildman–Crippen MR) is 84.0 cm³/mol. The van der Waals surface area contributed by atoms with Gasteiger partial charge in [0.1, 0.15) is 6.20 Å². The third kappa shape index (κ3) is 2.96. The van der Waals surface area contributed by atoms with Crippen LogP contribution in [0.2, 0.25) is 0 Å². The minimum Gasteiger partial charge on any atom is -0.361 e. The summed E-state index contributed by atoms with van der Waals surface area (Å²) in [7, 11) is 0. The van der Waals surface area contributed by atoms with Gasteiger partial charge in [0.25, 0.3) is 0 Å². The number of nitrogens with zero attached hydrogens (tertiary/aromatic N) is 2. The zero-order valence-electron chi connectivity index (χ0n) is 11.4. The lowest BCUT2D eigenvalue weighted by molar-refractivity contribution is -0.380. The smallest absolute Gasteiger partial charge is 0.345 e. The molecule has 0 aliphatic heterocycles. The molecule has 0 aliphatic rings. The first kappa shape index (κ1) is 14.2. The molecule has 8 heteroatoms. The van der Waals surface area contributed by atoms with Crippen LogP contribution in [0.5, 0.6) is 0 Å². The zero-order valence-corrected chi connectivity index (χ0v) is 12.2. The van der Waals surface area contributed by atoms with Gasteiger partial charge in [-0.1, -0.05) is 18.2 Å². The summed E-state index contributed by atoms with van der Waals surface area (Å²) < 4.78 is 0. The summed E-state index contributed by atoms with van der Waals surface area (Å²) in [6.45, 7) is 0. The van der Waals surface area contributed by atoms with Crippen molar-refractivity contribution in [2.75, 3.05) is 5.32 Å². The maximum Gasteiger partial charge on any atom is 0.345 e. The van der Waals surface area contributed by atoms with E-state index >= 15 is 0 Å². The van der Waals surface area contributed by atoms with Gasteiger partial charge in [-0.2, -0.15) is 0 Å². The van der Waals surface area contributed by atoms with Crippen molar-refractivity contribution < 1.29 is 9.72 Å². The van der Waals surface area contributed by atoms with Crippen LogP contribution in [0, 0.1) is 10.1 Å². The lowest BCUT2D eigenvalue weighted by Crippen LogP contribution is -2.11. The van der Waals surface area contributed by atoms with Gasteiger partial charge in [-0.15, -0.1) is 0 Å². The van der Waals surface area contributed by atoms with Crippen LogP contribution < -0.4 is 5.32 Å². The van der Waals surface area contributed by atoms with E-state index in [2.05, 4.69) is 15.3 Å². The number of nitrogens with one attached hydrogen (secondary N) is 2. The molecule has 2 heterocycles. The average Bonchev–Trinajstić information content (AvgIpc) is 3.12. The highest BCUT2D eigenvalue weighted by Gasteiger charge is 2.13. The van der Waals surface area contributed by atoms with Gasteiger partial charge < -0.3 is 10.3 Å². The predicted octanol–water partition coefficient (Wildman–Crippen LogP) is 3.10. The van der Waals surface area contributed by atoms with Crippen LogP contribution in [0.3, 0.4) is 0 Å². The van der Waals surface area contributed by atoms with E-state index in [4.69, 9.17) is 0 Å². The molecule has 0 saturated heterocycles. The number of aromatic amines is 1. The third-order valence-electron chi connectivity index (χ3n) is 3.22. The molecule has 1 aromatic carbocycles. The van der Waals surface area contributed by atoms with Crippen molar-refractivity contribution in [1.29, 1.82) is 0 Å². The summed E-state index contributed by atoms with van der Waals surface area (Å²) in [6, 6.07) is 7.88. The van der Waals surface area contributed by atoms with Crippen LogP contribution in [0.4, 0.5) is 10.1 Å². The normalized spacial score (nSPS) is 10.7. The fraction of sp³-hybridized carbons (Fsp3) is 0.143. The highest BCUT2D eigenvalue weighted by atomic mass is 32.1. The Kier molecular flexibility index (Phi) is 3.84. The van der Waals surface area contributed by atoms with Gasteiger partial charge in [0.15, 0.2) is 5.13 Å². The van der Waals surface area contributed by atoms with Crippen LogP contribution in [0.1, 0.15) is 12.0 Å². The Morgan fingerprint density at radius 1 is 1.41 bits per heavy atom. The number of hydrogen-bond acceptors (Lipinski definition) is 5. The number of carbonyl (C=O) groups is 1. The molecule has 0 fully saturated rings. The fourth-order valence-electron chi connectivity index (χ4n) is 2.18. The molecule has 0 spiro atoms. The minimum atomic E-state index is -0.529. The van der Waals surface area contributed by atoms with E-state index in [1.54, 1.807) is 0 Å². The number of carbonyl (C=O) groups excluding carboxylic acids is 1. The summed E-state index contributed by atoms with van der Waals surface area (Å²) in [4.78, 5) is 28.9. The maximum atomic E-state index is 11.9. The van der Waals surface area contributed by atoms with E-state index in [9.17, 15) is 14.9 Å². The van der Waals surface area contributed by atoms with Crippen LogP contribution in [0.25, 0.3) is 10.9 Å². The van der Waals surface area contributed by atoms with Crippen molar-refractivity contribution in [3.63, 3.8) is 0 Å². The first-order valence-electron chi connectivity index (χ1n) is 6.58. The second kappa shape index (κ2) is 5.94. The lowest BCUT2D eigenvalue weighted by Gasteiger charge is -2.01. The number of fused-ring (bicyclic) bond motifs is 1. The second-order valence-corrected chi connectivity index (χ2v) is 5.68. The standard InChI is InChI=1S/C14H12N4O3S/c19-12(17-14-16-8-13(22-14)18(20)21)6-5-9-7-15-11-4-2-1-3-10(9)11/h1-4,7-8,15H,5-6H2,(H,16,17,19). The molecule has 2 aromatic heterocycles. The summed E-state index contributed by atoms with van der Waals surface area (Å²) in [5.41, 5.74) is 2.10. The van der Waals surface area contributed by atoms with Crippen molar-refractivity contribution in [2.24, 2.45) is 0 Å². The summed E-state index contributed by atoms with van der Waals surface area (Å²) in [6.07, 6.45) is 3.91. The highest BCUT2D eigenvalue weighted by Crippen LogP contribution is 2.25. The van der Waals surface area contributed by atoms with Crippen LogP contribution in [0.15, 0.2) is 36.7 Å². The molecule has 0 bridgehead atoms. The number of aryl methyl sites for hydroxylation is 1. The van der Waals surface area contributed by atoms with Crippen molar-refractivity contribution in [1.82, 2.24) is 9.97 Å². The van der Waals surface area contributed by atoms with Crippen molar-refractivity contribution in [3.8, 4) is 0 Å². The van der Waals surface area contributed by atoms with Crippen molar-refractivity contribution in [3.05, 3.63) is 52.3 Å². The van der Waals surface area contributed by atoms with Gasteiger partial charge in [0.2, 0.25) is 5.91 Å². The SMILES string of the molecule is O=C(CCc1c[nH]c2ccccc12)Nc1ncc([N+](=O)[O-])s1. The molecule has 0 radical (unpaired) electrons. The lowest BCUT2D eigenvalue weighted by atomic mass is 10.1.